The Morgan fingerprint density at radius 3 is 2.13 bits per heavy atom. The van der Waals surface area contributed by atoms with Crippen LogP contribution < -0.4 is 29.6 Å². The van der Waals surface area contributed by atoms with E-state index in [0.29, 0.717) is 35.7 Å². The summed E-state index contributed by atoms with van der Waals surface area (Å²) in [6.07, 6.45) is 1.58. The number of aromatic hydroxyl groups is 1. The number of carbonyl (C=O) groups is 1. The molecule has 2 aromatic rings. The van der Waals surface area contributed by atoms with Gasteiger partial charge in [0.25, 0.3) is 0 Å². The third kappa shape index (κ3) is 5.55. The number of carbonyl (C=O) groups excluding carboxylic acids is 1. The van der Waals surface area contributed by atoms with E-state index in [4.69, 9.17) is 0 Å². The van der Waals surface area contributed by atoms with E-state index < -0.39 is 15.0 Å². The minimum atomic E-state index is -4.79. The average Bonchev–Trinajstić information content (AvgIpc) is 2.68. The van der Waals surface area contributed by atoms with Crippen molar-refractivity contribution in [2.75, 3.05) is 0 Å². The molecule has 3 rings (SSSR count). The summed E-state index contributed by atoms with van der Waals surface area (Å²) >= 11 is 13.1. The van der Waals surface area contributed by atoms with Crippen LogP contribution in [0, 0.1) is 0 Å². The molecule has 0 atom stereocenters. The molecule has 0 heterocycles. The summed E-state index contributed by atoms with van der Waals surface area (Å²) in [7, 11) is -4.79. The number of phenolic OH excluding ortho intramolecular Hbond substituents is 1. The number of Topliss-reactive ketones (excluding diaryl/α,β-unsaturated/α-hetero) is 1. The van der Waals surface area contributed by atoms with Gasteiger partial charge in [0.1, 0.15) is 15.9 Å². The van der Waals surface area contributed by atoms with Gasteiger partial charge in [-0.2, -0.15) is 0 Å². The molecule has 2 aromatic carbocycles. The van der Waals surface area contributed by atoms with Gasteiger partial charge in [-0.05, 0) is 117 Å². The minimum absolute atomic E-state index is 0. The first-order chi connectivity index (χ1) is 13.9. The van der Waals surface area contributed by atoms with Crippen molar-refractivity contribution in [1.82, 2.24) is 0 Å². The van der Waals surface area contributed by atoms with E-state index in [1.54, 1.807) is 31.2 Å². The fourth-order valence-corrected chi connectivity index (χ4v) is 6.00. The van der Waals surface area contributed by atoms with Gasteiger partial charge in [0, 0.05) is 5.56 Å². The van der Waals surface area contributed by atoms with E-state index in [1.165, 1.54) is 18.2 Å². The van der Waals surface area contributed by atoms with Crippen LogP contribution in [0.5, 0.6) is 5.75 Å². The number of halogens is 4. The average molecular weight is 706 g/mol. The van der Waals surface area contributed by atoms with Gasteiger partial charge in [-0.3, -0.25) is 4.79 Å². The largest absolute Gasteiger partial charge is 1.00 e. The predicted octanol–water partition coefficient (Wildman–Crippen LogP) is 3.16. The molecule has 11 heteroatoms. The molecule has 5 nitrogen and oxygen atoms in total. The molecule has 0 radical (unpaired) electrons. The number of hydrogen-bond acceptors (Lipinski definition) is 5. The molecular formula is C20H11Br4NaO5S. The molecule has 0 unspecified atom stereocenters. The molecular weight excluding hydrogens is 695 g/mol. The molecule has 1 N–H and O–H groups in total. The molecule has 0 fully saturated rings. The van der Waals surface area contributed by atoms with E-state index in [9.17, 15) is 22.9 Å². The van der Waals surface area contributed by atoms with Crippen LogP contribution in [0.3, 0.4) is 0 Å². The van der Waals surface area contributed by atoms with Crippen molar-refractivity contribution in [3.63, 3.8) is 0 Å². The monoisotopic (exact) mass is 702 g/mol. The molecule has 0 spiro atoms. The van der Waals surface area contributed by atoms with Crippen molar-refractivity contribution >= 4 is 85.2 Å². The Morgan fingerprint density at radius 1 is 1.03 bits per heavy atom. The molecule has 0 aliphatic heterocycles. The van der Waals surface area contributed by atoms with Gasteiger partial charge < -0.3 is 9.66 Å². The Bertz CT molecular complexity index is 1270. The van der Waals surface area contributed by atoms with Crippen molar-refractivity contribution in [3.05, 3.63) is 82.7 Å². The molecule has 0 aromatic heterocycles. The summed E-state index contributed by atoms with van der Waals surface area (Å²) in [6, 6.07) is 9.07. The third-order valence-corrected chi connectivity index (χ3v) is 8.07. The Kier molecular flexibility index (Phi) is 9.20. The molecule has 0 saturated carbocycles. The second-order valence-corrected chi connectivity index (χ2v) is 11.0. The second-order valence-electron chi connectivity index (χ2n) is 6.29. The van der Waals surface area contributed by atoms with Crippen molar-refractivity contribution in [2.24, 2.45) is 0 Å². The van der Waals surface area contributed by atoms with E-state index in [-0.39, 0.29) is 51.1 Å². The standard InChI is InChI=1S/C20H12Br4O5S.Na/c1-9-12(8-15(23)20(26)18(9)24)17(10-6-13(21)19(25)14(22)7-10)11-4-2-3-5-16(11)30(27,28)29;/h2-8,25H,1H3,(H,27,28,29);/q;+1/p-1/b17-12+;. The quantitative estimate of drug-likeness (QED) is 0.392. The zero-order valence-corrected chi connectivity index (χ0v) is 25.2. The molecule has 0 bridgehead atoms. The summed E-state index contributed by atoms with van der Waals surface area (Å²) in [5, 5.41) is 10.1. The Labute approximate surface area is 235 Å². The predicted molar refractivity (Wildman–Crippen MR) is 128 cm³/mol. The number of rotatable bonds is 3. The van der Waals surface area contributed by atoms with Crippen LogP contribution in [0.25, 0.3) is 5.57 Å². The third-order valence-electron chi connectivity index (χ3n) is 4.42. The smallest absolute Gasteiger partial charge is 0.744 e. The van der Waals surface area contributed by atoms with Crippen LogP contribution in [-0.2, 0) is 14.9 Å². The zero-order valence-electron chi connectivity index (χ0n) is 16.0. The van der Waals surface area contributed by atoms with Crippen LogP contribution >= 0.6 is 63.7 Å². The van der Waals surface area contributed by atoms with Gasteiger partial charge in [0.05, 0.1) is 22.8 Å². The van der Waals surface area contributed by atoms with Crippen molar-refractivity contribution in [3.8, 4) is 5.75 Å². The summed E-state index contributed by atoms with van der Waals surface area (Å²) in [5.41, 5.74) is 2.21. The van der Waals surface area contributed by atoms with Gasteiger partial charge >= 0.3 is 29.6 Å². The molecule has 1 aliphatic carbocycles. The maximum atomic E-state index is 12.3. The van der Waals surface area contributed by atoms with Crippen molar-refractivity contribution in [1.29, 1.82) is 0 Å². The molecule has 1 aliphatic rings. The summed E-state index contributed by atoms with van der Waals surface area (Å²) in [6.45, 7) is 1.71. The van der Waals surface area contributed by atoms with E-state index in [0.717, 1.165) is 0 Å². The first-order valence-corrected chi connectivity index (χ1v) is 12.8. The van der Waals surface area contributed by atoms with Crippen LogP contribution in [0.1, 0.15) is 18.1 Å². The van der Waals surface area contributed by atoms with Gasteiger partial charge in [-0.15, -0.1) is 0 Å². The normalized spacial score (nSPS) is 16.1. The molecule has 156 valence electrons. The fraction of sp³-hybridized carbons (Fsp3) is 0.0500. The number of phenols is 1. The second kappa shape index (κ2) is 10.5. The summed E-state index contributed by atoms with van der Waals surface area (Å²) in [5.74, 6) is -0.287. The Hall–Kier alpha value is -0.0400. The van der Waals surface area contributed by atoms with E-state index >= 15 is 0 Å². The number of benzene rings is 2. The fourth-order valence-electron chi connectivity index (χ4n) is 3.01. The van der Waals surface area contributed by atoms with Crippen molar-refractivity contribution in [2.45, 2.75) is 11.8 Å². The van der Waals surface area contributed by atoms with Gasteiger partial charge in [-0.1, -0.05) is 18.2 Å². The number of hydrogen-bond donors (Lipinski definition) is 1. The van der Waals surface area contributed by atoms with Crippen LogP contribution in [0.2, 0.25) is 0 Å². The van der Waals surface area contributed by atoms with Crippen LogP contribution in [-0.4, -0.2) is 23.9 Å². The minimum Gasteiger partial charge on any atom is -0.744 e. The number of ketones is 1. The first kappa shape index (κ1) is 27.2. The van der Waals surface area contributed by atoms with E-state index in [1.807, 2.05) is 0 Å². The van der Waals surface area contributed by atoms with Gasteiger partial charge in [0.15, 0.2) is 0 Å². The Morgan fingerprint density at radius 2 is 1.58 bits per heavy atom. The van der Waals surface area contributed by atoms with Crippen LogP contribution in [0.4, 0.5) is 0 Å². The molecule has 0 saturated heterocycles. The Balaban J connectivity index is 0.00000341. The van der Waals surface area contributed by atoms with Crippen molar-refractivity contribution < 1.29 is 52.4 Å². The maximum Gasteiger partial charge on any atom is 1.00 e. The first-order valence-electron chi connectivity index (χ1n) is 8.20. The summed E-state index contributed by atoms with van der Waals surface area (Å²) < 4.78 is 37.3. The van der Waals surface area contributed by atoms with Gasteiger partial charge in [-0.25, -0.2) is 8.42 Å². The topological polar surface area (TPSA) is 94.5 Å². The molecule has 0 amide bonds. The summed E-state index contributed by atoms with van der Waals surface area (Å²) in [4.78, 5) is 11.9. The van der Waals surface area contributed by atoms with Crippen LogP contribution in [0.15, 0.2) is 76.4 Å². The van der Waals surface area contributed by atoms with Gasteiger partial charge in [0.2, 0.25) is 5.78 Å². The molecule has 31 heavy (non-hydrogen) atoms. The number of allylic oxidation sites excluding steroid dienone is 5. The zero-order chi connectivity index (χ0) is 22.4. The SMILES string of the molecule is CC1=C(Br)C(=O)C(Br)=C/C1=C(/c1cc(Br)c(O)c(Br)c1)c1ccccc1S(=O)(=O)[O-].[Na+]. The van der Waals surface area contributed by atoms with E-state index in [2.05, 4.69) is 63.7 Å². The maximum absolute atomic E-state index is 12.3.